The number of nitrogens with zero attached hydrogens (tertiary/aromatic N) is 1. The number of halogens is 1. The number of hydrogen-bond acceptors (Lipinski definition) is 4. The van der Waals surface area contributed by atoms with E-state index in [0.717, 1.165) is 43.3 Å². The summed E-state index contributed by atoms with van der Waals surface area (Å²) in [5.41, 5.74) is 6.42. The molecule has 26 heavy (non-hydrogen) atoms. The number of likely N-dealkylation sites (tertiary alicyclic amines) is 1. The Balaban J connectivity index is 1.78. The lowest BCUT2D eigenvalue weighted by Gasteiger charge is -2.33. The van der Waals surface area contributed by atoms with Crippen LogP contribution in [-0.4, -0.2) is 54.0 Å². The van der Waals surface area contributed by atoms with Crippen LogP contribution in [0.15, 0.2) is 24.3 Å². The van der Waals surface area contributed by atoms with Gasteiger partial charge in [-0.25, -0.2) is 4.79 Å². The number of urea groups is 1. The summed E-state index contributed by atoms with van der Waals surface area (Å²) in [5, 5.41) is 6.35. The summed E-state index contributed by atoms with van der Waals surface area (Å²) < 4.78 is 0. The number of carbonyl (C=O) groups excluding carboxylic acids is 2. The Morgan fingerprint density at radius 2 is 1.96 bits per heavy atom. The summed E-state index contributed by atoms with van der Waals surface area (Å²) in [7, 11) is 0. The molecular weight excluding hydrogens is 372 g/mol. The number of hydrogen-bond donors (Lipinski definition) is 3. The Morgan fingerprint density at radius 3 is 2.54 bits per heavy atom. The number of nitrogens with one attached hydrogen (secondary N) is 2. The lowest BCUT2D eigenvalue weighted by atomic mass is 10.0. The number of piperidine rings is 1. The van der Waals surface area contributed by atoms with E-state index in [1.165, 1.54) is 5.56 Å². The molecule has 0 aliphatic carbocycles. The van der Waals surface area contributed by atoms with Crippen molar-refractivity contribution in [3.63, 3.8) is 0 Å². The van der Waals surface area contributed by atoms with Crippen molar-refractivity contribution >= 4 is 35.3 Å². The van der Waals surface area contributed by atoms with Crippen molar-refractivity contribution in [3.8, 4) is 0 Å². The van der Waals surface area contributed by atoms with Gasteiger partial charge in [-0.1, -0.05) is 23.7 Å². The van der Waals surface area contributed by atoms with Crippen LogP contribution in [0.1, 0.15) is 24.8 Å². The van der Waals surface area contributed by atoms with Crippen molar-refractivity contribution in [2.75, 3.05) is 25.1 Å². The fourth-order valence-electron chi connectivity index (χ4n) is 3.06. The molecule has 1 aromatic rings. The molecule has 0 bridgehead atoms. The average Bonchev–Trinajstić information content (AvgIpc) is 2.62. The molecule has 1 atom stereocenters. The first-order chi connectivity index (χ1) is 12.5. The fraction of sp³-hybridized carbons (Fsp3) is 0.556. The first-order valence-corrected chi connectivity index (χ1v) is 10.6. The minimum absolute atomic E-state index is 0.135. The van der Waals surface area contributed by atoms with Crippen LogP contribution in [0.4, 0.5) is 4.79 Å². The second kappa shape index (κ2) is 10.6. The van der Waals surface area contributed by atoms with Crippen molar-refractivity contribution < 1.29 is 9.59 Å². The molecule has 0 radical (unpaired) electrons. The number of nitrogens with two attached hydrogens (primary N) is 1. The van der Waals surface area contributed by atoms with Gasteiger partial charge in [-0.3, -0.25) is 9.69 Å². The number of amides is 3. The highest BCUT2D eigenvalue weighted by Gasteiger charge is 2.25. The summed E-state index contributed by atoms with van der Waals surface area (Å²) in [6.45, 7) is 2.73. The van der Waals surface area contributed by atoms with E-state index in [-0.39, 0.29) is 11.9 Å². The molecule has 6 nitrogen and oxygen atoms in total. The minimum Gasteiger partial charge on any atom is -0.352 e. The molecule has 1 aromatic carbocycles. The van der Waals surface area contributed by atoms with Gasteiger partial charge < -0.3 is 16.4 Å². The predicted octanol–water partition coefficient (Wildman–Crippen LogP) is 2.21. The van der Waals surface area contributed by atoms with Gasteiger partial charge in [0.2, 0.25) is 5.91 Å². The first-order valence-electron chi connectivity index (χ1n) is 8.80. The lowest BCUT2D eigenvalue weighted by molar-refractivity contribution is -0.124. The smallest absolute Gasteiger partial charge is 0.312 e. The van der Waals surface area contributed by atoms with Gasteiger partial charge in [-0.05, 0) is 49.0 Å². The second-order valence-electron chi connectivity index (χ2n) is 6.53. The number of benzene rings is 1. The topological polar surface area (TPSA) is 87.5 Å². The first kappa shape index (κ1) is 20.9. The summed E-state index contributed by atoms with van der Waals surface area (Å²) in [6, 6.07) is 6.81. The predicted molar refractivity (Wildman–Crippen MR) is 107 cm³/mol. The quantitative estimate of drug-likeness (QED) is 0.626. The number of carbonyl (C=O) groups is 2. The molecule has 1 unspecified atom stereocenters. The molecule has 8 heteroatoms. The molecule has 0 aromatic heterocycles. The third kappa shape index (κ3) is 7.05. The molecule has 1 fully saturated rings. The van der Waals surface area contributed by atoms with Crippen LogP contribution in [0.25, 0.3) is 0 Å². The van der Waals surface area contributed by atoms with E-state index in [9.17, 15) is 9.59 Å². The van der Waals surface area contributed by atoms with Crippen LogP contribution >= 0.6 is 23.4 Å². The van der Waals surface area contributed by atoms with Gasteiger partial charge in [0.05, 0.1) is 0 Å². The zero-order valence-corrected chi connectivity index (χ0v) is 16.6. The lowest BCUT2D eigenvalue weighted by Crippen LogP contribution is -2.53. The zero-order valence-electron chi connectivity index (χ0n) is 15.0. The highest BCUT2D eigenvalue weighted by Crippen LogP contribution is 2.16. The Bertz CT molecular complexity index is 591. The summed E-state index contributed by atoms with van der Waals surface area (Å²) in [4.78, 5) is 25.9. The molecule has 4 N–H and O–H groups in total. The summed E-state index contributed by atoms with van der Waals surface area (Å²) in [5.74, 6) is 0.645. The third-order valence-electron chi connectivity index (χ3n) is 4.50. The van der Waals surface area contributed by atoms with Gasteiger partial charge in [-0.2, -0.15) is 11.8 Å². The summed E-state index contributed by atoms with van der Waals surface area (Å²) >= 11 is 7.56. The highest BCUT2D eigenvalue weighted by molar-refractivity contribution is 7.98. The third-order valence-corrected chi connectivity index (χ3v) is 5.39. The Morgan fingerprint density at radius 1 is 1.31 bits per heavy atom. The van der Waals surface area contributed by atoms with Gasteiger partial charge >= 0.3 is 6.03 Å². The van der Waals surface area contributed by atoms with E-state index >= 15 is 0 Å². The van der Waals surface area contributed by atoms with Gasteiger partial charge in [0, 0.05) is 30.7 Å². The average molecular weight is 399 g/mol. The monoisotopic (exact) mass is 398 g/mol. The maximum Gasteiger partial charge on any atom is 0.312 e. The normalized spacial score (nSPS) is 16.8. The van der Waals surface area contributed by atoms with E-state index in [0.29, 0.717) is 6.42 Å². The van der Waals surface area contributed by atoms with Crippen LogP contribution in [0.3, 0.4) is 0 Å². The van der Waals surface area contributed by atoms with Crippen molar-refractivity contribution in [1.82, 2.24) is 15.5 Å². The Hall–Kier alpha value is -1.44. The van der Waals surface area contributed by atoms with Crippen LogP contribution in [-0.2, 0) is 11.3 Å². The van der Waals surface area contributed by atoms with Crippen LogP contribution < -0.4 is 16.4 Å². The molecule has 1 aliphatic rings. The molecule has 1 heterocycles. The largest absolute Gasteiger partial charge is 0.352 e. The molecular formula is C18H27ClN4O2S. The molecule has 3 amide bonds. The van der Waals surface area contributed by atoms with E-state index in [1.54, 1.807) is 11.8 Å². The molecule has 1 saturated heterocycles. The SMILES string of the molecule is CSCCC(NC(N)=O)C(=O)NC1CCN(Cc2ccc(Cl)cc2)CC1. The Labute approximate surface area is 164 Å². The molecule has 1 aliphatic heterocycles. The molecule has 0 saturated carbocycles. The minimum atomic E-state index is -0.663. The van der Waals surface area contributed by atoms with E-state index < -0.39 is 12.1 Å². The van der Waals surface area contributed by atoms with Crippen molar-refractivity contribution in [2.24, 2.45) is 5.73 Å². The maximum absolute atomic E-state index is 12.4. The van der Waals surface area contributed by atoms with Crippen molar-refractivity contribution in [2.45, 2.75) is 37.9 Å². The van der Waals surface area contributed by atoms with Gasteiger partial charge in [-0.15, -0.1) is 0 Å². The van der Waals surface area contributed by atoms with Gasteiger partial charge in [0.25, 0.3) is 0 Å². The van der Waals surface area contributed by atoms with Crippen LogP contribution in [0.5, 0.6) is 0 Å². The van der Waals surface area contributed by atoms with E-state index in [4.69, 9.17) is 17.3 Å². The van der Waals surface area contributed by atoms with Gasteiger partial charge in [0.1, 0.15) is 6.04 Å². The molecule has 0 spiro atoms. The summed E-state index contributed by atoms with van der Waals surface area (Å²) in [6.07, 6.45) is 4.33. The number of rotatable bonds is 8. The standard InChI is InChI=1S/C18H27ClN4O2S/c1-26-11-8-16(22-18(20)25)17(24)21-15-6-9-23(10-7-15)12-13-2-4-14(19)5-3-13/h2-5,15-16H,6-12H2,1H3,(H,21,24)(H3,20,22,25). The Kier molecular flexibility index (Phi) is 8.54. The maximum atomic E-state index is 12.4. The van der Waals surface area contributed by atoms with Crippen molar-refractivity contribution in [1.29, 1.82) is 0 Å². The van der Waals surface area contributed by atoms with Crippen molar-refractivity contribution in [3.05, 3.63) is 34.9 Å². The zero-order chi connectivity index (χ0) is 18.9. The second-order valence-corrected chi connectivity index (χ2v) is 7.95. The van der Waals surface area contributed by atoms with Crippen LogP contribution in [0, 0.1) is 0 Å². The number of primary amides is 1. The number of thioether (sulfide) groups is 1. The van der Waals surface area contributed by atoms with Gasteiger partial charge in [0.15, 0.2) is 0 Å². The highest BCUT2D eigenvalue weighted by atomic mass is 35.5. The fourth-order valence-corrected chi connectivity index (χ4v) is 3.66. The van der Waals surface area contributed by atoms with E-state index in [1.807, 2.05) is 30.5 Å². The van der Waals surface area contributed by atoms with Crippen LogP contribution in [0.2, 0.25) is 5.02 Å². The van der Waals surface area contributed by atoms with E-state index in [2.05, 4.69) is 15.5 Å². The molecule has 144 valence electrons. The molecule has 2 rings (SSSR count).